The number of rotatable bonds is 10. The van der Waals surface area contributed by atoms with Crippen molar-refractivity contribution in [3.8, 4) is 0 Å². The van der Waals surface area contributed by atoms with Gasteiger partial charge in [-0.2, -0.15) is 4.89 Å². The van der Waals surface area contributed by atoms with E-state index in [1.54, 1.807) is 0 Å². The van der Waals surface area contributed by atoms with Crippen LogP contribution in [0.3, 0.4) is 0 Å². The predicted octanol–water partition coefficient (Wildman–Crippen LogP) is 3.11. The molecule has 0 heterocycles. The third-order valence-electron chi connectivity index (χ3n) is 2.56. The van der Waals surface area contributed by atoms with Crippen molar-refractivity contribution >= 4 is 17.9 Å². The van der Waals surface area contributed by atoms with Gasteiger partial charge >= 0.3 is 0 Å². The maximum absolute atomic E-state index is 12.1. The van der Waals surface area contributed by atoms with Gasteiger partial charge in [0, 0.05) is 29.3 Å². The second-order valence-corrected chi connectivity index (χ2v) is 5.88. The van der Waals surface area contributed by atoms with Crippen molar-refractivity contribution < 1.29 is 27.8 Å². The summed E-state index contributed by atoms with van der Waals surface area (Å²) in [6, 6.07) is 0. The van der Waals surface area contributed by atoms with Crippen molar-refractivity contribution in [3.05, 3.63) is 0 Å². The fourth-order valence-corrected chi connectivity index (χ4v) is 1.48. The first kappa shape index (κ1) is 19.6. The van der Waals surface area contributed by atoms with Crippen LogP contribution in [0.4, 0.5) is 8.78 Å². The third-order valence-corrected chi connectivity index (χ3v) is 3.55. The van der Waals surface area contributed by atoms with Gasteiger partial charge in [0.15, 0.2) is 6.10 Å². The number of carbonyl (C=O) groups excluding carboxylic acids is 1. The third kappa shape index (κ3) is 8.68. The van der Waals surface area contributed by atoms with Crippen molar-refractivity contribution in [1.29, 1.82) is 0 Å². The quantitative estimate of drug-likeness (QED) is 0.290. The molecular weight excluding hydrogens is 292 g/mol. The van der Waals surface area contributed by atoms with Crippen LogP contribution in [-0.2, 0) is 19.1 Å². The molecule has 1 amide bonds. The summed E-state index contributed by atoms with van der Waals surface area (Å²) in [6.07, 6.45) is -3.25. The van der Waals surface area contributed by atoms with Crippen LogP contribution >= 0.6 is 12.0 Å². The Labute approximate surface area is 122 Å². The lowest BCUT2D eigenvalue weighted by Crippen LogP contribution is -2.47. The van der Waals surface area contributed by atoms with E-state index in [9.17, 15) is 13.6 Å². The molecule has 0 radical (unpaired) electrons. The first-order chi connectivity index (χ1) is 9.19. The topological polar surface area (TPSA) is 56.8 Å². The summed E-state index contributed by atoms with van der Waals surface area (Å²) < 4.78 is 28.7. The highest BCUT2D eigenvalue weighted by Crippen LogP contribution is 2.16. The lowest BCUT2D eigenvalue weighted by Gasteiger charge is -2.26. The molecule has 2 atom stereocenters. The summed E-state index contributed by atoms with van der Waals surface area (Å²) in [6.45, 7) is 8.59. The second-order valence-electron chi connectivity index (χ2n) is 5.22. The molecule has 0 bridgehead atoms. The lowest BCUT2D eigenvalue weighted by molar-refractivity contribution is -0.482. The van der Waals surface area contributed by atoms with Crippen LogP contribution in [0.2, 0.25) is 0 Å². The van der Waals surface area contributed by atoms with Gasteiger partial charge in [-0.3, -0.25) is 4.79 Å². The molecule has 2 unspecified atom stereocenters. The van der Waals surface area contributed by atoms with Gasteiger partial charge in [0.05, 0.1) is 0 Å². The number of amides is 1. The van der Waals surface area contributed by atoms with Crippen LogP contribution in [0.1, 0.15) is 41.0 Å². The first-order valence-electron chi connectivity index (χ1n) is 6.41. The molecule has 0 saturated heterocycles. The van der Waals surface area contributed by atoms with Gasteiger partial charge in [-0.05, 0) is 27.2 Å². The zero-order valence-corrected chi connectivity index (χ0v) is 13.3. The molecule has 0 fully saturated rings. The summed E-state index contributed by atoms with van der Waals surface area (Å²) in [5.74, 6) is 0.273. The summed E-state index contributed by atoms with van der Waals surface area (Å²) in [5.41, 5.74) is -0.511. The number of nitrogens with one attached hydrogen (secondary N) is 1. The Morgan fingerprint density at radius 1 is 1.35 bits per heavy atom. The molecule has 8 heteroatoms. The Bertz CT molecular complexity index is 293. The molecule has 0 aliphatic heterocycles. The fourth-order valence-electron chi connectivity index (χ4n) is 0.989. The smallest absolute Gasteiger partial charge is 0.267 e. The molecule has 0 aromatic heterocycles. The van der Waals surface area contributed by atoms with Crippen LogP contribution in [0.25, 0.3) is 0 Å². The van der Waals surface area contributed by atoms with Gasteiger partial charge in [0.25, 0.3) is 6.43 Å². The lowest BCUT2D eigenvalue weighted by atomic mass is 10.0. The minimum atomic E-state index is -2.64. The van der Waals surface area contributed by atoms with Gasteiger partial charge in [-0.25, -0.2) is 8.78 Å². The molecule has 1 N–H and O–H groups in total. The SMILES string of the molecule is CCC(C)C(=O)NC(C)(C)CSOOOC(C)C(F)F. The highest BCUT2D eigenvalue weighted by molar-refractivity contribution is 7.94. The maximum Gasteiger partial charge on any atom is 0.267 e. The molecule has 120 valence electrons. The van der Waals surface area contributed by atoms with Crippen LogP contribution in [-0.4, -0.2) is 29.7 Å². The maximum atomic E-state index is 12.1. The molecule has 5 nitrogen and oxygen atoms in total. The van der Waals surface area contributed by atoms with Gasteiger partial charge in [-0.1, -0.05) is 18.9 Å². The second kappa shape index (κ2) is 9.49. The Morgan fingerprint density at radius 3 is 2.45 bits per heavy atom. The number of halogens is 2. The molecular formula is C12H23F2NO4S. The zero-order chi connectivity index (χ0) is 15.8. The van der Waals surface area contributed by atoms with Crippen molar-refractivity contribution in [3.63, 3.8) is 0 Å². The summed E-state index contributed by atoms with van der Waals surface area (Å²) in [7, 11) is 0. The van der Waals surface area contributed by atoms with Crippen molar-refractivity contribution in [2.24, 2.45) is 5.92 Å². The van der Waals surface area contributed by atoms with Crippen LogP contribution < -0.4 is 5.32 Å². The molecule has 0 aromatic rings. The van der Waals surface area contributed by atoms with Crippen molar-refractivity contribution in [2.45, 2.75) is 59.1 Å². The number of hydrogen-bond donors (Lipinski definition) is 1. The van der Waals surface area contributed by atoms with E-state index in [1.807, 2.05) is 27.7 Å². The summed E-state index contributed by atoms with van der Waals surface area (Å²) in [4.78, 5) is 16.0. The fraction of sp³-hybridized carbons (Fsp3) is 0.917. The van der Waals surface area contributed by atoms with Gasteiger partial charge in [0.1, 0.15) is 0 Å². The highest BCUT2D eigenvalue weighted by Gasteiger charge is 2.24. The summed E-state index contributed by atoms with van der Waals surface area (Å²) >= 11 is 0.868. The van der Waals surface area contributed by atoms with Crippen LogP contribution in [0.15, 0.2) is 0 Å². The highest BCUT2D eigenvalue weighted by atomic mass is 32.2. The minimum Gasteiger partial charge on any atom is -0.350 e. The van der Waals surface area contributed by atoms with Crippen molar-refractivity contribution in [1.82, 2.24) is 5.32 Å². The predicted molar refractivity (Wildman–Crippen MR) is 72.9 cm³/mol. The van der Waals surface area contributed by atoms with E-state index in [4.69, 9.17) is 0 Å². The van der Waals surface area contributed by atoms with E-state index in [-0.39, 0.29) is 11.8 Å². The monoisotopic (exact) mass is 315 g/mol. The molecule has 0 spiro atoms. The van der Waals surface area contributed by atoms with E-state index >= 15 is 0 Å². The largest absolute Gasteiger partial charge is 0.350 e. The minimum absolute atomic E-state index is 0.0402. The number of carbonyl (C=O) groups is 1. The van der Waals surface area contributed by atoms with Crippen LogP contribution in [0.5, 0.6) is 0 Å². The first-order valence-corrected chi connectivity index (χ1v) is 7.32. The molecule has 0 saturated carbocycles. The summed E-state index contributed by atoms with van der Waals surface area (Å²) in [5, 5.41) is 7.06. The number of hydrogen-bond acceptors (Lipinski definition) is 5. The van der Waals surface area contributed by atoms with E-state index in [0.717, 1.165) is 25.4 Å². The molecule has 0 rings (SSSR count). The average Bonchev–Trinajstić information content (AvgIpc) is 2.36. The Balaban J connectivity index is 3.85. The molecule has 0 aliphatic rings. The normalized spacial score (nSPS) is 15.2. The molecule has 0 aliphatic carbocycles. The van der Waals surface area contributed by atoms with Gasteiger partial charge in [-0.15, -0.1) is 4.33 Å². The van der Waals surface area contributed by atoms with E-state index in [2.05, 4.69) is 19.6 Å². The molecule has 20 heavy (non-hydrogen) atoms. The van der Waals surface area contributed by atoms with Crippen molar-refractivity contribution in [2.75, 3.05) is 5.75 Å². The van der Waals surface area contributed by atoms with Gasteiger partial charge in [0.2, 0.25) is 5.91 Å². The van der Waals surface area contributed by atoms with E-state index in [0.29, 0.717) is 5.75 Å². The Hall–Kier alpha value is -0.440. The Kier molecular flexibility index (Phi) is 9.28. The van der Waals surface area contributed by atoms with Crippen LogP contribution in [0, 0.1) is 5.92 Å². The standard InChI is InChI=1S/C12H23F2NO4S/c1-6-8(2)11(16)15-12(4,5)7-20-19-18-17-9(3)10(13)14/h8-10H,6-7H2,1-5H3,(H,15,16). The zero-order valence-electron chi connectivity index (χ0n) is 12.4. The number of alkyl halides is 2. The average molecular weight is 315 g/mol. The molecule has 0 aromatic carbocycles. The Morgan fingerprint density at radius 2 is 1.95 bits per heavy atom. The van der Waals surface area contributed by atoms with E-state index < -0.39 is 18.1 Å². The van der Waals surface area contributed by atoms with Gasteiger partial charge < -0.3 is 5.32 Å². The van der Waals surface area contributed by atoms with E-state index in [1.165, 1.54) is 0 Å².